The van der Waals surface area contributed by atoms with Crippen LogP contribution in [0.15, 0.2) is 48.1 Å². The molecule has 1 amide bonds. The summed E-state index contributed by atoms with van der Waals surface area (Å²) in [6.07, 6.45) is 10.2. The lowest BCUT2D eigenvalue weighted by molar-refractivity contribution is -0.120. The van der Waals surface area contributed by atoms with Gasteiger partial charge in [-0.15, -0.1) is 16.8 Å². The van der Waals surface area contributed by atoms with Gasteiger partial charge >= 0.3 is 0 Å². The molecule has 0 unspecified atom stereocenters. The van der Waals surface area contributed by atoms with E-state index in [1.165, 1.54) is 43.9 Å². The Morgan fingerprint density at radius 1 is 1.18 bits per heavy atom. The van der Waals surface area contributed by atoms with E-state index >= 15 is 0 Å². The Morgan fingerprint density at radius 2 is 1.93 bits per heavy atom. The molecule has 1 aromatic heterocycles. The van der Waals surface area contributed by atoms with Gasteiger partial charge < -0.3 is 9.88 Å². The lowest BCUT2D eigenvalue weighted by atomic mass is 9.89. The van der Waals surface area contributed by atoms with Crippen molar-refractivity contribution in [1.29, 1.82) is 0 Å². The minimum Gasteiger partial charge on any atom is -0.352 e. The molecule has 1 aromatic carbocycles. The second-order valence-electron chi connectivity index (χ2n) is 7.77. The van der Waals surface area contributed by atoms with Gasteiger partial charge in [-0.2, -0.15) is 0 Å². The standard InChI is InChI=1S/C22H28N4OS/c1-2-15-26-20(17-11-7-4-8-12-17)24-25-22(26)28-19(16-9-5-3-6-10-16)21(27)23-18-13-14-18/h2-3,5-6,9-10,17-19H,1,4,7-8,11-15H2,(H,23,27)/t19-/m0/s1. The fraction of sp³-hybridized carbons (Fsp3) is 0.500. The molecule has 2 aliphatic carbocycles. The summed E-state index contributed by atoms with van der Waals surface area (Å²) in [6.45, 7) is 4.59. The third-order valence-electron chi connectivity index (χ3n) is 5.51. The van der Waals surface area contributed by atoms with Crippen LogP contribution in [0.2, 0.25) is 0 Å². The SMILES string of the molecule is C=CCn1c(S[C@H](C(=O)NC2CC2)c2ccccc2)nnc1C1CCCCC1. The summed E-state index contributed by atoms with van der Waals surface area (Å²) in [5.41, 5.74) is 0.998. The number of carbonyl (C=O) groups is 1. The zero-order valence-electron chi connectivity index (χ0n) is 16.2. The molecule has 2 aromatic rings. The van der Waals surface area contributed by atoms with E-state index < -0.39 is 0 Å². The minimum absolute atomic E-state index is 0.0612. The number of nitrogens with zero attached hydrogens (tertiary/aromatic N) is 3. The number of benzene rings is 1. The second-order valence-corrected chi connectivity index (χ2v) is 8.84. The third-order valence-corrected chi connectivity index (χ3v) is 6.75. The fourth-order valence-electron chi connectivity index (χ4n) is 3.86. The summed E-state index contributed by atoms with van der Waals surface area (Å²) in [6, 6.07) is 10.3. The molecule has 2 fully saturated rings. The zero-order chi connectivity index (χ0) is 19.3. The van der Waals surface area contributed by atoms with Gasteiger partial charge in [-0.05, 0) is 31.2 Å². The van der Waals surface area contributed by atoms with Crippen molar-refractivity contribution in [3.63, 3.8) is 0 Å². The molecular formula is C22H28N4OS. The number of amides is 1. The molecule has 28 heavy (non-hydrogen) atoms. The van der Waals surface area contributed by atoms with E-state index in [2.05, 4.69) is 26.7 Å². The van der Waals surface area contributed by atoms with Crippen LogP contribution in [0, 0.1) is 0 Å². The Labute approximate surface area is 171 Å². The highest BCUT2D eigenvalue weighted by Crippen LogP contribution is 2.38. The molecule has 148 valence electrons. The molecule has 1 N–H and O–H groups in total. The van der Waals surface area contributed by atoms with E-state index in [4.69, 9.17) is 0 Å². The van der Waals surface area contributed by atoms with E-state index in [1.807, 2.05) is 36.4 Å². The maximum Gasteiger partial charge on any atom is 0.238 e. The molecule has 1 heterocycles. The summed E-state index contributed by atoms with van der Waals surface area (Å²) in [5, 5.41) is 12.7. The summed E-state index contributed by atoms with van der Waals surface area (Å²) < 4.78 is 2.16. The van der Waals surface area contributed by atoms with Crippen molar-refractivity contribution in [1.82, 2.24) is 20.1 Å². The number of hydrogen-bond donors (Lipinski definition) is 1. The van der Waals surface area contributed by atoms with Crippen LogP contribution in [-0.2, 0) is 11.3 Å². The Morgan fingerprint density at radius 3 is 2.61 bits per heavy atom. The van der Waals surface area contributed by atoms with Gasteiger partial charge in [-0.3, -0.25) is 4.79 Å². The first-order valence-electron chi connectivity index (χ1n) is 10.3. The van der Waals surface area contributed by atoms with E-state index in [0.29, 0.717) is 18.5 Å². The number of hydrogen-bond acceptors (Lipinski definition) is 4. The van der Waals surface area contributed by atoms with Gasteiger partial charge in [0.15, 0.2) is 5.16 Å². The first-order chi connectivity index (χ1) is 13.8. The topological polar surface area (TPSA) is 59.8 Å². The first kappa shape index (κ1) is 19.2. The van der Waals surface area contributed by atoms with E-state index in [1.54, 1.807) is 0 Å². The molecule has 2 aliphatic rings. The number of carbonyl (C=O) groups excluding carboxylic acids is 1. The molecule has 0 saturated heterocycles. The molecule has 1 atom stereocenters. The molecule has 0 bridgehead atoms. The molecule has 5 nitrogen and oxygen atoms in total. The van der Waals surface area contributed by atoms with Crippen molar-refractivity contribution in [2.75, 3.05) is 0 Å². The average molecular weight is 397 g/mol. The number of rotatable bonds is 8. The highest BCUT2D eigenvalue weighted by Gasteiger charge is 2.31. The molecule has 4 rings (SSSR count). The van der Waals surface area contributed by atoms with Gasteiger partial charge in [-0.25, -0.2) is 0 Å². The van der Waals surface area contributed by atoms with Gasteiger partial charge in [0.25, 0.3) is 0 Å². The van der Waals surface area contributed by atoms with Crippen molar-refractivity contribution < 1.29 is 4.79 Å². The predicted molar refractivity (Wildman–Crippen MR) is 112 cm³/mol. The van der Waals surface area contributed by atoms with Crippen LogP contribution in [0.1, 0.15) is 67.5 Å². The molecule has 0 aliphatic heterocycles. The third kappa shape index (κ3) is 4.49. The monoisotopic (exact) mass is 396 g/mol. The van der Waals surface area contributed by atoms with Crippen LogP contribution in [0.3, 0.4) is 0 Å². The highest BCUT2D eigenvalue weighted by atomic mass is 32.2. The van der Waals surface area contributed by atoms with Gasteiger partial charge in [0.2, 0.25) is 5.91 Å². The van der Waals surface area contributed by atoms with E-state index in [0.717, 1.165) is 29.4 Å². The summed E-state index contributed by atoms with van der Waals surface area (Å²) >= 11 is 1.50. The largest absolute Gasteiger partial charge is 0.352 e. The summed E-state index contributed by atoms with van der Waals surface area (Å²) in [5.74, 6) is 1.58. The maximum atomic E-state index is 13.0. The molecule has 0 spiro atoms. The number of allylic oxidation sites excluding steroid dienone is 1. The predicted octanol–water partition coefficient (Wildman–Crippen LogP) is 4.62. The Hall–Kier alpha value is -2.08. The van der Waals surface area contributed by atoms with Crippen LogP contribution in [0.25, 0.3) is 0 Å². The van der Waals surface area contributed by atoms with Crippen LogP contribution < -0.4 is 5.32 Å². The van der Waals surface area contributed by atoms with Crippen LogP contribution in [0.4, 0.5) is 0 Å². The Kier molecular flexibility index (Phi) is 6.15. The van der Waals surface area contributed by atoms with Gasteiger partial charge in [-0.1, -0.05) is 67.4 Å². The van der Waals surface area contributed by atoms with Crippen molar-refractivity contribution in [3.8, 4) is 0 Å². The lowest BCUT2D eigenvalue weighted by Gasteiger charge is -2.22. The van der Waals surface area contributed by atoms with Crippen molar-refractivity contribution in [3.05, 3.63) is 54.4 Å². The zero-order valence-corrected chi connectivity index (χ0v) is 17.0. The number of thioether (sulfide) groups is 1. The number of aromatic nitrogens is 3. The molecule has 0 radical (unpaired) electrons. The molecule has 2 saturated carbocycles. The van der Waals surface area contributed by atoms with Gasteiger partial charge in [0.1, 0.15) is 11.1 Å². The van der Waals surface area contributed by atoms with Crippen molar-refractivity contribution in [2.45, 2.75) is 73.9 Å². The Bertz CT molecular complexity index is 809. The first-order valence-corrected chi connectivity index (χ1v) is 11.2. The maximum absolute atomic E-state index is 13.0. The average Bonchev–Trinajstić information content (AvgIpc) is 3.46. The normalized spacial score (nSPS) is 18.6. The second kappa shape index (κ2) is 8.95. The lowest BCUT2D eigenvalue weighted by Crippen LogP contribution is -2.30. The fourth-order valence-corrected chi connectivity index (χ4v) is 4.92. The molecular weight excluding hydrogens is 368 g/mol. The van der Waals surface area contributed by atoms with Crippen LogP contribution >= 0.6 is 11.8 Å². The van der Waals surface area contributed by atoms with Crippen LogP contribution in [-0.4, -0.2) is 26.7 Å². The minimum atomic E-state index is -0.325. The Balaban J connectivity index is 1.61. The van der Waals surface area contributed by atoms with E-state index in [9.17, 15) is 4.79 Å². The van der Waals surface area contributed by atoms with Crippen molar-refractivity contribution in [2.24, 2.45) is 0 Å². The van der Waals surface area contributed by atoms with Gasteiger partial charge in [0, 0.05) is 18.5 Å². The van der Waals surface area contributed by atoms with Crippen molar-refractivity contribution >= 4 is 17.7 Å². The van der Waals surface area contributed by atoms with E-state index in [-0.39, 0.29) is 11.2 Å². The number of nitrogens with one attached hydrogen (secondary N) is 1. The highest BCUT2D eigenvalue weighted by molar-refractivity contribution is 8.00. The summed E-state index contributed by atoms with van der Waals surface area (Å²) in [7, 11) is 0. The smallest absolute Gasteiger partial charge is 0.238 e. The van der Waals surface area contributed by atoms with Gasteiger partial charge in [0.05, 0.1) is 0 Å². The summed E-state index contributed by atoms with van der Waals surface area (Å²) in [4.78, 5) is 13.0. The molecule has 6 heteroatoms. The quantitative estimate of drug-likeness (QED) is 0.522. The van der Waals surface area contributed by atoms with Crippen LogP contribution in [0.5, 0.6) is 0 Å².